The van der Waals surface area contributed by atoms with Crippen LogP contribution in [-0.4, -0.2) is 23.6 Å². The molecule has 2 nitrogen and oxygen atoms in total. The van der Waals surface area contributed by atoms with Crippen LogP contribution in [0.5, 0.6) is 0 Å². The van der Waals surface area contributed by atoms with Crippen LogP contribution in [0, 0.1) is 11.9 Å². The third-order valence-electron chi connectivity index (χ3n) is 3.41. The monoisotopic (exact) mass is 275 g/mol. The molecular formula is C12H15ClFNOS. The summed E-state index contributed by atoms with van der Waals surface area (Å²) in [6, 6.07) is 1.64. The summed E-state index contributed by atoms with van der Waals surface area (Å²) in [4.78, 5) is 3.70. The maximum atomic E-state index is 13.9. The van der Waals surface area contributed by atoms with Crippen molar-refractivity contribution in [3.8, 4) is 0 Å². The highest BCUT2D eigenvalue weighted by atomic mass is 35.5. The Labute approximate surface area is 110 Å². The molecule has 1 aliphatic heterocycles. The molecule has 0 N–H and O–H groups in total. The SMILES string of the molecule is COC1(c2cc(Cl)cnc2F)CCSCC1C. The Kier molecular flexibility index (Phi) is 3.95. The van der Waals surface area contributed by atoms with Crippen LogP contribution < -0.4 is 0 Å². The molecule has 0 spiro atoms. The quantitative estimate of drug-likeness (QED) is 0.772. The van der Waals surface area contributed by atoms with Crippen LogP contribution in [0.15, 0.2) is 12.3 Å². The number of methoxy groups -OCH3 is 1. The van der Waals surface area contributed by atoms with E-state index in [4.69, 9.17) is 16.3 Å². The third kappa shape index (κ3) is 2.30. The molecule has 2 atom stereocenters. The Hall–Kier alpha value is -0.320. The molecule has 1 fully saturated rings. The predicted molar refractivity (Wildman–Crippen MR) is 69.0 cm³/mol. The first-order valence-corrected chi connectivity index (χ1v) is 7.08. The smallest absolute Gasteiger partial charge is 0.219 e. The molecule has 17 heavy (non-hydrogen) atoms. The molecule has 0 radical (unpaired) electrons. The minimum atomic E-state index is -0.590. The van der Waals surface area contributed by atoms with Gasteiger partial charge in [-0.05, 0) is 29.9 Å². The summed E-state index contributed by atoms with van der Waals surface area (Å²) in [6.45, 7) is 2.08. The van der Waals surface area contributed by atoms with E-state index in [0.717, 1.165) is 17.9 Å². The Morgan fingerprint density at radius 2 is 2.41 bits per heavy atom. The fourth-order valence-electron chi connectivity index (χ4n) is 2.40. The fourth-order valence-corrected chi connectivity index (χ4v) is 3.79. The number of halogens is 2. The Bertz CT molecular complexity index is 417. The normalized spacial score (nSPS) is 29.3. The van der Waals surface area contributed by atoms with Gasteiger partial charge in [-0.1, -0.05) is 18.5 Å². The van der Waals surface area contributed by atoms with Crippen LogP contribution in [0.3, 0.4) is 0 Å². The molecule has 2 rings (SSSR count). The first-order chi connectivity index (χ1) is 8.10. The lowest BCUT2D eigenvalue weighted by Crippen LogP contribution is -2.41. The largest absolute Gasteiger partial charge is 0.373 e. The van der Waals surface area contributed by atoms with E-state index in [0.29, 0.717) is 10.6 Å². The number of thioether (sulfide) groups is 1. The highest BCUT2D eigenvalue weighted by molar-refractivity contribution is 7.99. The number of rotatable bonds is 2. The highest BCUT2D eigenvalue weighted by Gasteiger charge is 2.42. The van der Waals surface area contributed by atoms with Gasteiger partial charge in [0.05, 0.1) is 5.02 Å². The van der Waals surface area contributed by atoms with Gasteiger partial charge in [-0.25, -0.2) is 4.98 Å². The topological polar surface area (TPSA) is 22.1 Å². The van der Waals surface area contributed by atoms with Gasteiger partial charge in [0.1, 0.15) is 5.60 Å². The molecule has 5 heteroatoms. The van der Waals surface area contributed by atoms with Crippen molar-refractivity contribution in [2.45, 2.75) is 18.9 Å². The van der Waals surface area contributed by atoms with Crippen LogP contribution in [0.2, 0.25) is 5.02 Å². The lowest BCUT2D eigenvalue weighted by atomic mass is 9.81. The number of aromatic nitrogens is 1. The van der Waals surface area contributed by atoms with E-state index in [1.807, 2.05) is 11.8 Å². The minimum absolute atomic E-state index is 0.237. The summed E-state index contributed by atoms with van der Waals surface area (Å²) in [5.41, 5.74) is -0.104. The van der Waals surface area contributed by atoms with E-state index in [1.54, 1.807) is 13.2 Å². The van der Waals surface area contributed by atoms with Crippen molar-refractivity contribution >= 4 is 23.4 Å². The van der Waals surface area contributed by atoms with Gasteiger partial charge >= 0.3 is 0 Å². The highest BCUT2D eigenvalue weighted by Crippen LogP contribution is 2.44. The minimum Gasteiger partial charge on any atom is -0.373 e. The lowest BCUT2D eigenvalue weighted by molar-refractivity contribution is -0.0599. The van der Waals surface area contributed by atoms with E-state index in [2.05, 4.69) is 11.9 Å². The second kappa shape index (κ2) is 5.12. The van der Waals surface area contributed by atoms with E-state index in [-0.39, 0.29) is 5.92 Å². The van der Waals surface area contributed by atoms with Gasteiger partial charge in [0.2, 0.25) is 5.95 Å². The van der Waals surface area contributed by atoms with Crippen molar-refractivity contribution in [1.82, 2.24) is 4.98 Å². The number of ether oxygens (including phenoxy) is 1. The van der Waals surface area contributed by atoms with Gasteiger partial charge in [-0.3, -0.25) is 0 Å². The van der Waals surface area contributed by atoms with Crippen LogP contribution in [-0.2, 0) is 10.3 Å². The zero-order valence-electron chi connectivity index (χ0n) is 9.87. The molecular weight excluding hydrogens is 261 g/mol. The van der Waals surface area contributed by atoms with E-state index >= 15 is 0 Å². The van der Waals surface area contributed by atoms with E-state index in [1.165, 1.54) is 6.20 Å². The lowest BCUT2D eigenvalue weighted by Gasteiger charge is -2.41. The number of nitrogens with zero attached hydrogens (tertiary/aromatic N) is 1. The van der Waals surface area contributed by atoms with Crippen LogP contribution in [0.1, 0.15) is 18.9 Å². The molecule has 2 unspecified atom stereocenters. The van der Waals surface area contributed by atoms with Gasteiger partial charge < -0.3 is 4.74 Å². The first-order valence-electron chi connectivity index (χ1n) is 5.54. The molecule has 1 saturated heterocycles. The second-order valence-corrected chi connectivity index (χ2v) is 5.90. The molecule has 0 saturated carbocycles. The van der Waals surface area contributed by atoms with Crippen molar-refractivity contribution in [2.75, 3.05) is 18.6 Å². The predicted octanol–water partition coefficient (Wildman–Crippen LogP) is 3.49. The van der Waals surface area contributed by atoms with Crippen LogP contribution >= 0.6 is 23.4 Å². The average Bonchev–Trinajstić information content (AvgIpc) is 2.33. The molecule has 2 heterocycles. The molecule has 1 aliphatic rings. The molecule has 1 aromatic rings. The van der Waals surface area contributed by atoms with Crippen molar-refractivity contribution in [3.05, 3.63) is 28.8 Å². The standard InChI is InChI=1S/C12H15ClFNOS/c1-8-7-17-4-3-12(8,16-2)10-5-9(13)6-15-11(10)14/h5-6,8H,3-4,7H2,1-2H3. The maximum absolute atomic E-state index is 13.9. The number of pyridine rings is 1. The third-order valence-corrected chi connectivity index (χ3v) is 4.84. The van der Waals surface area contributed by atoms with Crippen molar-refractivity contribution in [1.29, 1.82) is 0 Å². The van der Waals surface area contributed by atoms with E-state index < -0.39 is 11.5 Å². The molecule has 0 aromatic carbocycles. The van der Waals surface area contributed by atoms with Crippen LogP contribution in [0.25, 0.3) is 0 Å². The Morgan fingerprint density at radius 3 is 3.06 bits per heavy atom. The van der Waals surface area contributed by atoms with Gasteiger partial charge in [-0.2, -0.15) is 16.2 Å². The van der Waals surface area contributed by atoms with Crippen LogP contribution in [0.4, 0.5) is 4.39 Å². The average molecular weight is 276 g/mol. The number of hydrogen-bond acceptors (Lipinski definition) is 3. The summed E-state index contributed by atoms with van der Waals surface area (Å²) in [7, 11) is 1.63. The van der Waals surface area contributed by atoms with Gasteiger partial charge in [0, 0.05) is 18.9 Å². The number of hydrogen-bond donors (Lipinski definition) is 0. The van der Waals surface area contributed by atoms with E-state index in [9.17, 15) is 4.39 Å². The van der Waals surface area contributed by atoms with Gasteiger partial charge in [0.15, 0.2) is 0 Å². The van der Waals surface area contributed by atoms with Crippen molar-refractivity contribution < 1.29 is 9.13 Å². The second-order valence-electron chi connectivity index (χ2n) is 4.31. The van der Waals surface area contributed by atoms with Gasteiger partial charge in [0.25, 0.3) is 0 Å². The fraction of sp³-hybridized carbons (Fsp3) is 0.583. The molecule has 0 aliphatic carbocycles. The summed E-state index contributed by atoms with van der Waals surface area (Å²) in [5.74, 6) is 1.68. The maximum Gasteiger partial charge on any atom is 0.219 e. The summed E-state index contributed by atoms with van der Waals surface area (Å²) < 4.78 is 19.6. The summed E-state index contributed by atoms with van der Waals surface area (Å²) >= 11 is 7.78. The van der Waals surface area contributed by atoms with Crippen molar-refractivity contribution in [3.63, 3.8) is 0 Å². The van der Waals surface area contributed by atoms with Gasteiger partial charge in [-0.15, -0.1) is 0 Å². The zero-order chi connectivity index (χ0) is 12.5. The molecule has 1 aromatic heterocycles. The summed E-state index contributed by atoms with van der Waals surface area (Å²) in [5, 5.41) is 0.447. The molecule has 0 bridgehead atoms. The molecule has 94 valence electrons. The first kappa shape index (κ1) is 13.1. The zero-order valence-corrected chi connectivity index (χ0v) is 11.4. The molecule has 0 amide bonds. The van der Waals surface area contributed by atoms with Crippen molar-refractivity contribution in [2.24, 2.45) is 5.92 Å². The Morgan fingerprint density at radius 1 is 1.65 bits per heavy atom. The summed E-state index contributed by atoms with van der Waals surface area (Å²) in [6.07, 6.45) is 2.11. The Balaban J connectivity index is 2.49.